The van der Waals surface area contributed by atoms with E-state index < -0.39 is 21.3 Å². The van der Waals surface area contributed by atoms with Crippen molar-refractivity contribution in [1.82, 2.24) is 0 Å². The maximum absolute atomic E-state index is 11.9. The molecule has 1 rings (SSSR count). The van der Waals surface area contributed by atoms with E-state index in [0.717, 1.165) is 5.56 Å². The Morgan fingerprint density at radius 2 is 1.71 bits per heavy atom. The number of aryl methyl sites for hydroxylation is 1. The Morgan fingerprint density at radius 1 is 1.14 bits per heavy atom. The zero-order chi connectivity index (χ0) is 10.6. The highest BCUT2D eigenvalue weighted by atomic mass is 32.2. The maximum Gasteiger partial charge on any atom is 0.336 e. The third-order valence-electron chi connectivity index (χ3n) is 1.79. The first-order valence-electron chi connectivity index (χ1n) is 4.06. The Hall–Kier alpha value is -0.970. The number of hydrogen-bond donors (Lipinski definition) is 0. The van der Waals surface area contributed by atoms with Gasteiger partial charge in [0.15, 0.2) is 0 Å². The van der Waals surface area contributed by atoms with Gasteiger partial charge in [-0.25, -0.2) is 8.42 Å². The van der Waals surface area contributed by atoms with E-state index in [1.54, 1.807) is 30.3 Å². The normalized spacial score (nSPS) is 11.9. The van der Waals surface area contributed by atoms with E-state index in [2.05, 4.69) is 0 Å². The van der Waals surface area contributed by atoms with Gasteiger partial charge in [-0.2, -0.15) is 8.78 Å². The molecule has 0 aromatic heterocycles. The van der Waals surface area contributed by atoms with Crippen LogP contribution in [0.25, 0.3) is 0 Å². The minimum Gasteiger partial charge on any atom is -0.223 e. The van der Waals surface area contributed by atoms with Gasteiger partial charge in [-0.1, -0.05) is 30.3 Å². The van der Waals surface area contributed by atoms with Crippen LogP contribution < -0.4 is 0 Å². The number of benzene rings is 1. The molecule has 0 spiro atoms. The molecule has 1 aromatic rings. The molecule has 0 atom stereocenters. The standard InChI is InChI=1S/C9H10F2O2S/c10-9(11)14(12,13)7-6-8-4-2-1-3-5-8/h1-5,9H,6-7H2. The zero-order valence-electron chi connectivity index (χ0n) is 7.36. The van der Waals surface area contributed by atoms with Crippen molar-refractivity contribution in [3.8, 4) is 0 Å². The van der Waals surface area contributed by atoms with Gasteiger partial charge in [0.1, 0.15) is 0 Å². The Labute approximate surface area is 81.5 Å². The average Bonchev–Trinajstić information content (AvgIpc) is 2.16. The minimum atomic E-state index is -4.23. The van der Waals surface area contributed by atoms with E-state index in [9.17, 15) is 17.2 Å². The second kappa shape index (κ2) is 4.50. The predicted octanol–water partition coefficient (Wildman–Crippen LogP) is 1.87. The molecule has 0 aliphatic heterocycles. The Kier molecular flexibility index (Phi) is 3.57. The Morgan fingerprint density at radius 3 is 2.21 bits per heavy atom. The van der Waals surface area contributed by atoms with E-state index in [0.29, 0.717) is 0 Å². The fourth-order valence-corrected chi connectivity index (χ4v) is 1.69. The highest BCUT2D eigenvalue weighted by molar-refractivity contribution is 7.91. The van der Waals surface area contributed by atoms with Gasteiger partial charge in [-0.05, 0) is 12.0 Å². The molecule has 1 aromatic carbocycles. The van der Waals surface area contributed by atoms with Gasteiger partial charge in [0.25, 0.3) is 0 Å². The highest BCUT2D eigenvalue weighted by Gasteiger charge is 2.23. The van der Waals surface area contributed by atoms with Crippen LogP contribution in [0.5, 0.6) is 0 Å². The summed E-state index contributed by atoms with van der Waals surface area (Å²) in [7, 11) is -4.23. The van der Waals surface area contributed by atoms with Gasteiger partial charge >= 0.3 is 5.76 Å². The number of sulfone groups is 1. The van der Waals surface area contributed by atoms with Crippen LogP contribution in [0.15, 0.2) is 30.3 Å². The molecule has 5 heteroatoms. The van der Waals surface area contributed by atoms with Crippen molar-refractivity contribution in [2.45, 2.75) is 12.2 Å². The summed E-state index contributed by atoms with van der Waals surface area (Å²) in [5, 5.41) is 0. The first-order valence-corrected chi connectivity index (χ1v) is 5.77. The predicted molar refractivity (Wildman–Crippen MR) is 49.9 cm³/mol. The number of alkyl halides is 2. The molecule has 0 heterocycles. The molecule has 2 nitrogen and oxygen atoms in total. The van der Waals surface area contributed by atoms with Gasteiger partial charge in [0.2, 0.25) is 9.84 Å². The summed E-state index contributed by atoms with van der Waals surface area (Å²) in [4.78, 5) is 0. The first kappa shape index (κ1) is 11.1. The molecule has 0 aliphatic carbocycles. The molecular weight excluding hydrogens is 210 g/mol. The van der Waals surface area contributed by atoms with E-state index in [1.165, 1.54) is 0 Å². The van der Waals surface area contributed by atoms with Crippen LogP contribution in [0.3, 0.4) is 0 Å². The zero-order valence-corrected chi connectivity index (χ0v) is 8.18. The number of rotatable bonds is 4. The summed E-state index contributed by atoms with van der Waals surface area (Å²) in [6, 6.07) is 8.68. The second-order valence-corrected chi connectivity index (χ2v) is 4.95. The van der Waals surface area contributed by atoms with Crippen LogP contribution in [0.1, 0.15) is 5.56 Å². The van der Waals surface area contributed by atoms with Crippen molar-refractivity contribution in [3.63, 3.8) is 0 Å². The van der Waals surface area contributed by atoms with Crippen LogP contribution >= 0.6 is 0 Å². The van der Waals surface area contributed by atoms with Crippen LogP contribution in [-0.2, 0) is 16.3 Å². The van der Waals surface area contributed by atoms with E-state index in [1.807, 2.05) is 0 Å². The topological polar surface area (TPSA) is 34.1 Å². The fraction of sp³-hybridized carbons (Fsp3) is 0.333. The van der Waals surface area contributed by atoms with Crippen molar-refractivity contribution in [1.29, 1.82) is 0 Å². The maximum atomic E-state index is 11.9. The first-order chi connectivity index (χ1) is 6.52. The van der Waals surface area contributed by atoms with Crippen molar-refractivity contribution in [2.75, 3.05) is 5.75 Å². The summed E-state index contributed by atoms with van der Waals surface area (Å²) in [6.45, 7) is 0. The molecule has 0 radical (unpaired) electrons. The molecule has 0 unspecified atom stereocenters. The third kappa shape index (κ3) is 3.06. The average molecular weight is 220 g/mol. The lowest BCUT2D eigenvalue weighted by Crippen LogP contribution is -2.16. The van der Waals surface area contributed by atoms with Crippen molar-refractivity contribution >= 4 is 9.84 Å². The van der Waals surface area contributed by atoms with E-state index in [-0.39, 0.29) is 6.42 Å². The smallest absolute Gasteiger partial charge is 0.223 e. The second-order valence-electron chi connectivity index (χ2n) is 2.86. The van der Waals surface area contributed by atoms with Gasteiger partial charge < -0.3 is 0 Å². The SMILES string of the molecule is O=S(=O)(CCc1ccccc1)C(F)F. The Balaban J connectivity index is 2.58. The number of hydrogen-bond acceptors (Lipinski definition) is 2. The molecule has 0 aliphatic rings. The van der Waals surface area contributed by atoms with Gasteiger partial charge in [-0.3, -0.25) is 0 Å². The molecular formula is C9H10F2O2S. The summed E-state index contributed by atoms with van der Waals surface area (Å²) >= 11 is 0. The van der Waals surface area contributed by atoms with E-state index in [4.69, 9.17) is 0 Å². The van der Waals surface area contributed by atoms with Crippen LogP contribution in [0.4, 0.5) is 8.78 Å². The largest absolute Gasteiger partial charge is 0.336 e. The monoisotopic (exact) mass is 220 g/mol. The summed E-state index contributed by atoms with van der Waals surface area (Å²) in [6.07, 6.45) is 0.132. The van der Waals surface area contributed by atoms with Gasteiger partial charge in [0, 0.05) is 0 Å². The van der Waals surface area contributed by atoms with Crippen molar-refractivity contribution in [3.05, 3.63) is 35.9 Å². The van der Waals surface area contributed by atoms with Gasteiger partial charge in [0.05, 0.1) is 5.75 Å². The third-order valence-corrected chi connectivity index (χ3v) is 3.11. The minimum absolute atomic E-state index is 0.132. The van der Waals surface area contributed by atoms with Crippen molar-refractivity contribution in [2.24, 2.45) is 0 Å². The lowest BCUT2D eigenvalue weighted by Gasteiger charge is -2.02. The molecule has 14 heavy (non-hydrogen) atoms. The molecule has 0 fully saturated rings. The quantitative estimate of drug-likeness (QED) is 0.776. The number of halogens is 2. The molecule has 0 N–H and O–H groups in total. The Bertz CT molecular complexity index is 373. The van der Waals surface area contributed by atoms with E-state index >= 15 is 0 Å². The molecule has 0 saturated carbocycles. The van der Waals surface area contributed by atoms with Crippen molar-refractivity contribution < 1.29 is 17.2 Å². The molecule has 0 saturated heterocycles. The molecule has 78 valence electrons. The molecule has 0 amide bonds. The lowest BCUT2D eigenvalue weighted by molar-refractivity contribution is 0.235. The van der Waals surface area contributed by atoms with Gasteiger partial charge in [-0.15, -0.1) is 0 Å². The summed E-state index contributed by atoms with van der Waals surface area (Å²) in [5.41, 5.74) is 0.747. The van der Waals surface area contributed by atoms with Crippen LogP contribution in [-0.4, -0.2) is 19.9 Å². The fourth-order valence-electron chi connectivity index (χ4n) is 0.994. The highest BCUT2D eigenvalue weighted by Crippen LogP contribution is 2.08. The summed E-state index contributed by atoms with van der Waals surface area (Å²) < 4.78 is 45.4. The molecule has 0 bridgehead atoms. The summed E-state index contributed by atoms with van der Waals surface area (Å²) in [5.74, 6) is -3.78. The lowest BCUT2D eigenvalue weighted by atomic mass is 10.2. The van der Waals surface area contributed by atoms with Crippen LogP contribution in [0, 0.1) is 0 Å². The van der Waals surface area contributed by atoms with Crippen LogP contribution in [0.2, 0.25) is 0 Å².